The first-order valence-corrected chi connectivity index (χ1v) is 6.26. The second kappa shape index (κ2) is 6.00. The Balaban J connectivity index is 3.10. The number of halogens is 1. The van der Waals surface area contributed by atoms with Gasteiger partial charge in [-0.25, -0.2) is 4.39 Å². The molecule has 1 aromatic rings. The minimum absolute atomic E-state index is 0.0861. The monoisotopic (exact) mass is 282 g/mol. The number of nitrogens with two attached hydrogens (primary N) is 1. The van der Waals surface area contributed by atoms with Gasteiger partial charge in [-0.05, 0) is 38.6 Å². The fourth-order valence-corrected chi connectivity index (χ4v) is 1.89. The number of carbonyl (C=O) groups excluding carboxylic acids is 1. The molecule has 0 unspecified atom stereocenters. The Hall–Kier alpha value is -1.95. The highest BCUT2D eigenvalue weighted by Gasteiger charge is 2.33. The lowest BCUT2D eigenvalue weighted by atomic mass is 10.0. The van der Waals surface area contributed by atoms with Gasteiger partial charge >= 0.3 is 5.97 Å². The largest absolute Gasteiger partial charge is 0.480 e. The summed E-state index contributed by atoms with van der Waals surface area (Å²) in [5, 5.41) is 9.22. The molecule has 0 saturated heterocycles. The molecule has 0 aliphatic heterocycles. The number of likely N-dealkylation sites (N-methyl/N-ethyl adjacent to an activating group) is 1. The third-order valence-corrected chi connectivity index (χ3v) is 3.39. The van der Waals surface area contributed by atoms with E-state index in [0.29, 0.717) is 6.54 Å². The number of carbonyl (C=O) groups is 2. The summed E-state index contributed by atoms with van der Waals surface area (Å²) in [6, 6.07) is 3.83. The molecule has 0 saturated carbocycles. The van der Waals surface area contributed by atoms with E-state index in [4.69, 9.17) is 5.73 Å². The van der Waals surface area contributed by atoms with Crippen LogP contribution in [0.15, 0.2) is 18.2 Å². The highest BCUT2D eigenvalue weighted by Crippen LogP contribution is 2.20. The van der Waals surface area contributed by atoms with Gasteiger partial charge in [0.2, 0.25) is 5.91 Å². The molecule has 1 aromatic carbocycles. The summed E-state index contributed by atoms with van der Waals surface area (Å²) < 4.78 is 13.8. The van der Waals surface area contributed by atoms with E-state index in [1.54, 1.807) is 25.7 Å². The standard InChI is InChI=1S/C14H19FN2O3/c1-4-17(14(2,3)13(19)20)8-10-7-9(12(16)18)5-6-11(10)15/h5-7H,4,8H2,1-3H3,(H2,16,18)(H,19,20). The summed E-state index contributed by atoms with van der Waals surface area (Å²) in [7, 11) is 0. The van der Waals surface area contributed by atoms with E-state index in [2.05, 4.69) is 0 Å². The molecule has 0 aromatic heterocycles. The van der Waals surface area contributed by atoms with Crippen molar-refractivity contribution in [1.82, 2.24) is 4.90 Å². The van der Waals surface area contributed by atoms with Crippen molar-refractivity contribution in [3.05, 3.63) is 35.1 Å². The van der Waals surface area contributed by atoms with Crippen LogP contribution >= 0.6 is 0 Å². The lowest BCUT2D eigenvalue weighted by Crippen LogP contribution is -2.49. The Morgan fingerprint density at radius 2 is 2.00 bits per heavy atom. The maximum absolute atomic E-state index is 13.8. The third kappa shape index (κ3) is 3.33. The van der Waals surface area contributed by atoms with Gasteiger partial charge in [0.1, 0.15) is 11.4 Å². The smallest absolute Gasteiger partial charge is 0.323 e. The van der Waals surface area contributed by atoms with Gasteiger partial charge in [0.05, 0.1) is 0 Å². The van der Waals surface area contributed by atoms with Gasteiger partial charge in [0.25, 0.3) is 0 Å². The van der Waals surface area contributed by atoms with Crippen LogP contribution in [0.4, 0.5) is 4.39 Å². The van der Waals surface area contributed by atoms with Crippen molar-refractivity contribution in [2.45, 2.75) is 32.9 Å². The predicted octanol–water partition coefficient (Wildman–Crippen LogP) is 1.61. The molecule has 0 bridgehead atoms. The average Bonchev–Trinajstić information content (AvgIpc) is 2.36. The second-order valence-electron chi connectivity index (χ2n) is 5.05. The molecule has 1 amide bonds. The van der Waals surface area contributed by atoms with Crippen LogP contribution in [0.2, 0.25) is 0 Å². The molecular weight excluding hydrogens is 263 g/mol. The van der Waals surface area contributed by atoms with Crippen LogP contribution in [0.1, 0.15) is 36.7 Å². The number of aliphatic carboxylic acids is 1. The topological polar surface area (TPSA) is 83.6 Å². The number of carboxylic acids is 1. The Morgan fingerprint density at radius 1 is 1.40 bits per heavy atom. The van der Waals surface area contributed by atoms with Crippen LogP contribution in [-0.4, -0.2) is 34.0 Å². The van der Waals surface area contributed by atoms with Gasteiger partial charge in [-0.1, -0.05) is 6.92 Å². The number of hydrogen-bond donors (Lipinski definition) is 2. The van der Waals surface area contributed by atoms with E-state index in [9.17, 15) is 19.1 Å². The van der Waals surface area contributed by atoms with Crippen LogP contribution < -0.4 is 5.73 Å². The van der Waals surface area contributed by atoms with Crippen molar-refractivity contribution in [3.8, 4) is 0 Å². The molecule has 0 spiro atoms. The number of nitrogens with zero attached hydrogens (tertiary/aromatic N) is 1. The minimum Gasteiger partial charge on any atom is -0.480 e. The molecule has 0 atom stereocenters. The first-order chi connectivity index (χ1) is 9.20. The first kappa shape index (κ1) is 16.1. The number of hydrogen-bond acceptors (Lipinski definition) is 3. The lowest BCUT2D eigenvalue weighted by Gasteiger charge is -2.34. The molecule has 6 heteroatoms. The number of carboxylic acid groups (broad SMARTS) is 1. The molecule has 0 fully saturated rings. The van der Waals surface area contributed by atoms with Gasteiger partial charge in [0.15, 0.2) is 0 Å². The molecule has 110 valence electrons. The Kier molecular flexibility index (Phi) is 4.83. The van der Waals surface area contributed by atoms with Gasteiger partial charge in [-0.3, -0.25) is 14.5 Å². The molecule has 3 N–H and O–H groups in total. The van der Waals surface area contributed by atoms with Crippen LogP contribution in [0, 0.1) is 5.82 Å². The van der Waals surface area contributed by atoms with Gasteiger partial charge in [-0.2, -0.15) is 0 Å². The van der Waals surface area contributed by atoms with E-state index in [1.807, 2.05) is 0 Å². The molecule has 0 aliphatic carbocycles. The minimum atomic E-state index is -1.14. The van der Waals surface area contributed by atoms with Gasteiger partial charge in [0, 0.05) is 17.7 Å². The van der Waals surface area contributed by atoms with Crippen molar-refractivity contribution >= 4 is 11.9 Å². The highest BCUT2D eigenvalue weighted by molar-refractivity contribution is 5.92. The summed E-state index contributed by atoms with van der Waals surface area (Å²) in [6.45, 7) is 5.41. The van der Waals surface area contributed by atoms with Crippen LogP contribution in [-0.2, 0) is 11.3 Å². The lowest BCUT2D eigenvalue weighted by molar-refractivity contribution is -0.149. The molecule has 0 aliphatic rings. The van der Waals surface area contributed by atoms with E-state index in [1.165, 1.54) is 12.1 Å². The van der Waals surface area contributed by atoms with Crippen molar-refractivity contribution in [1.29, 1.82) is 0 Å². The quantitative estimate of drug-likeness (QED) is 0.830. The summed E-state index contributed by atoms with van der Waals surface area (Å²) >= 11 is 0. The van der Waals surface area contributed by atoms with Crippen molar-refractivity contribution in [3.63, 3.8) is 0 Å². The fourth-order valence-electron chi connectivity index (χ4n) is 1.89. The molecule has 1 rings (SSSR count). The highest BCUT2D eigenvalue weighted by atomic mass is 19.1. The van der Waals surface area contributed by atoms with Gasteiger partial charge < -0.3 is 10.8 Å². The normalized spacial score (nSPS) is 11.7. The van der Waals surface area contributed by atoms with E-state index in [-0.39, 0.29) is 17.7 Å². The summed E-state index contributed by atoms with van der Waals surface area (Å²) in [4.78, 5) is 24.0. The maximum atomic E-state index is 13.8. The molecular formula is C14H19FN2O3. The zero-order valence-corrected chi connectivity index (χ0v) is 11.8. The molecule has 5 nitrogen and oxygen atoms in total. The fraction of sp³-hybridized carbons (Fsp3) is 0.429. The number of rotatable bonds is 6. The molecule has 20 heavy (non-hydrogen) atoms. The average molecular weight is 282 g/mol. The number of benzene rings is 1. The van der Waals surface area contributed by atoms with E-state index < -0.39 is 23.2 Å². The number of primary amides is 1. The Bertz CT molecular complexity index is 529. The molecule has 0 heterocycles. The predicted molar refractivity (Wildman–Crippen MR) is 72.7 cm³/mol. The van der Waals surface area contributed by atoms with E-state index >= 15 is 0 Å². The van der Waals surface area contributed by atoms with Crippen molar-refractivity contribution in [2.24, 2.45) is 5.73 Å². The Morgan fingerprint density at radius 3 is 2.45 bits per heavy atom. The van der Waals surface area contributed by atoms with Gasteiger partial charge in [-0.15, -0.1) is 0 Å². The summed E-state index contributed by atoms with van der Waals surface area (Å²) in [5.41, 5.74) is 4.47. The number of amides is 1. The zero-order valence-electron chi connectivity index (χ0n) is 11.8. The Labute approximate surface area is 117 Å². The van der Waals surface area contributed by atoms with Crippen LogP contribution in [0.3, 0.4) is 0 Å². The molecule has 0 radical (unpaired) electrons. The first-order valence-electron chi connectivity index (χ1n) is 6.26. The van der Waals surface area contributed by atoms with Crippen molar-refractivity contribution < 1.29 is 19.1 Å². The van der Waals surface area contributed by atoms with Crippen LogP contribution in [0.25, 0.3) is 0 Å². The van der Waals surface area contributed by atoms with Crippen molar-refractivity contribution in [2.75, 3.05) is 6.54 Å². The second-order valence-corrected chi connectivity index (χ2v) is 5.05. The summed E-state index contributed by atoms with van der Waals surface area (Å²) in [5.74, 6) is -2.13. The zero-order chi connectivity index (χ0) is 15.5. The SMILES string of the molecule is CCN(Cc1cc(C(N)=O)ccc1F)C(C)(C)C(=O)O. The van der Waals surface area contributed by atoms with Crippen LogP contribution in [0.5, 0.6) is 0 Å². The third-order valence-electron chi connectivity index (χ3n) is 3.39. The maximum Gasteiger partial charge on any atom is 0.323 e. The summed E-state index contributed by atoms with van der Waals surface area (Å²) in [6.07, 6.45) is 0. The van der Waals surface area contributed by atoms with E-state index in [0.717, 1.165) is 6.07 Å².